The van der Waals surface area contributed by atoms with Crippen LogP contribution >= 0.6 is 0 Å². The molecule has 6 unspecified atom stereocenters. The van der Waals surface area contributed by atoms with E-state index in [1.54, 1.807) is 0 Å². The van der Waals surface area contributed by atoms with E-state index in [1.807, 2.05) is 0 Å². The zero-order chi connectivity index (χ0) is 15.7. The van der Waals surface area contributed by atoms with Crippen molar-refractivity contribution < 1.29 is 66.1 Å². The van der Waals surface area contributed by atoms with E-state index in [2.05, 4.69) is 5.32 Å². The van der Waals surface area contributed by atoms with Crippen LogP contribution < -0.4 is 0 Å². The first-order valence-corrected chi connectivity index (χ1v) is 6.40. The SMILES string of the molecule is COC1C(OC(C)=O)C2OC1C1C(=O)[N-]C(=O)C21.C[C-]=O.[Y]. The number of hydrogen-bond donors (Lipinski definition) is 0. The van der Waals surface area contributed by atoms with Crippen LogP contribution in [0.5, 0.6) is 0 Å². The molecule has 0 N–H and O–H groups in total. The Morgan fingerprint density at radius 1 is 1.18 bits per heavy atom. The number of carbonyl (C=O) groups excluding carboxylic acids is 4. The molecule has 3 aliphatic rings. The summed E-state index contributed by atoms with van der Waals surface area (Å²) in [5.41, 5.74) is 0. The van der Waals surface area contributed by atoms with Gasteiger partial charge in [-0.2, -0.15) is 6.92 Å². The second-order valence-electron chi connectivity index (χ2n) is 4.88. The first-order chi connectivity index (χ1) is 9.96. The van der Waals surface area contributed by atoms with E-state index in [4.69, 9.17) is 19.0 Å². The Bertz CT molecular complexity index is 483. The molecule has 2 amide bonds. The summed E-state index contributed by atoms with van der Waals surface area (Å²) in [4.78, 5) is 43.0. The fraction of sp³-hybridized carbons (Fsp3) is 0.692. The quantitative estimate of drug-likeness (QED) is 0.358. The van der Waals surface area contributed by atoms with Gasteiger partial charge in [-0.3, -0.25) is 11.1 Å². The van der Waals surface area contributed by atoms with Gasteiger partial charge in [0.25, 0.3) is 0 Å². The third-order valence-corrected chi connectivity index (χ3v) is 3.75. The van der Waals surface area contributed by atoms with Crippen molar-refractivity contribution in [2.75, 3.05) is 7.11 Å². The van der Waals surface area contributed by atoms with Gasteiger partial charge in [-0.05, 0) is 0 Å². The number of methoxy groups -OCH3 is 1. The van der Waals surface area contributed by atoms with Crippen LogP contribution in [0.25, 0.3) is 5.32 Å². The molecule has 0 aromatic carbocycles. The largest absolute Gasteiger partial charge is 0.595 e. The molecule has 0 saturated carbocycles. The topological polar surface area (TPSA) is 110 Å². The van der Waals surface area contributed by atoms with Crippen molar-refractivity contribution in [1.29, 1.82) is 0 Å². The monoisotopic (exact) mass is 386 g/mol. The molecule has 0 spiro atoms. The number of hydrogen-bond acceptors (Lipinski definition) is 7. The van der Waals surface area contributed by atoms with Gasteiger partial charge in [0, 0.05) is 58.6 Å². The molecule has 8 nitrogen and oxygen atoms in total. The molecule has 2 bridgehead atoms. The third kappa shape index (κ3) is 3.15. The number of rotatable bonds is 2. The van der Waals surface area contributed by atoms with Gasteiger partial charge >= 0.3 is 5.97 Å². The van der Waals surface area contributed by atoms with Crippen LogP contribution in [0.1, 0.15) is 13.8 Å². The smallest absolute Gasteiger partial charge is 0.303 e. The van der Waals surface area contributed by atoms with Crippen LogP contribution in [0.2, 0.25) is 0 Å². The predicted molar refractivity (Wildman–Crippen MR) is 66.7 cm³/mol. The van der Waals surface area contributed by atoms with Gasteiger partial charge in [-0.1, -0.05) is 0 Å². The number of ether oxygens (including phenoxy) is 3. The maximum Gasteiger partial charge on any atom is 0.303 e. The molecule has 6 atom stereocenters. The van der Waals surface area contributed by atoms with E-state index in [9.17, 15) is 14.4 Å². The van der Waals surface area contributed by atoms with Crippen molar-refractivity contribution in [3.63, 3.8) is 0 Å². The summed E-state index contributed by atoms with van der Waals surface area (Å²) < 4.78 is 16.0. The molecule has 1 radical (unpaired) electrons. The summed E-state index contributed by atoms with van der Waals surface area (Å²) in [6.07, 6.45) is -0.859. The van der Waals surface area contributed by atoms with E-state index in [-0.39, 0.29) is 32.7 Å². The second kappa shape index (κ2) is 7.72. The van der Waals surface area contributed by atoms with Gasteiger partial charge in [0.05, 0.1) is 17.9 Å². The summed E-state index contributed by atoms with van der Waals surface area (Å²) in [6.45, 7) is 2.60. The summed E-state index contributed by atoms with van der Waals surface area (Å²) >= 11 is 0. The number of nitrogens with zero attached hydrogens (tertiary/aromatic N) is 1. The maximum absolute atomic E-state index is 11.6. The molecule has 3 heterocycles. The maximum atomic E-state index is 11.6. The number of esters is 1. The van der Waals surface area contributed by atoms with Gasteiger partial charge in [0.2, 0.25) is 0 Å². The third-order valence-electron chi connectivity index (χ3n) is 3.75. The fourth-order valence-electron chi connectivity index (χ4n) is 3.14. The minimum Gasteiger partial charge on any atom is -0.595 e. The summed E-state index contributed by atoms with van der Waals surface area (Å²) in [5, 5.41) is 3.44. The molecule has 119 valence electrons. The van der Waals surface area contributed by atoms with Crippen LogP contribution in [0.3, 0.4) is 0 Å². The molecule has 22 heavy (non-hydrogen) atoms. The zero-order valence-electron chi connectivity index (χ0n) is 12.3. The van der Waals surface area contributed by atoms with E-state index in [1.165, 1.54) is 27.2 Å². The van der Waals surface area contributed by atoms with Crippen LogP contribution in [-0.2, 0) is 66.1 Å². The summed E-state index contributed by atoms with van der Waals surface area (Å²) in [7, 11) is 1.46. The van der Waals surface area contributed by atoms with Gasteiger partial charge in [-0.25, -0.2) is 0 Å². The normalized spacial score (nSPS) is 37.4. The Kier molecular flexibility index (Phi) is 6.79. The first-order valence-electron chi connectivity index (χ1n) is 6.40. The molecule has 9 heteroatoms. The van der Waals surface area contributed by atoms with Crippen molar-refractivity contribution in [1.82, 2.24) is 0 Å². The van der Waals surface area contributed by atoms with E-state index in [0.717, 1.165) is 0 Å². The zero-order valence-corrected chi connectivity index (χ0v) is 15.2. The number of carbonyl (C=O) groups is 3. The molecule has 3 saturated heterocycles. The Morgan fingerprint density at radius 2 is 1.64 bits per heavy atom. The van der Waals surface area contributed by atoms with Gasteiger partial charge in [-0.15, -0.1) is 0 Å². The number of fused-ring (bicyclic) bond motifs is 5. The first kappa shape index (κ1) is 19.4. The molecule has 3 fully saturated rings. The second-order valence-corrected chi connectivity index (χ2v) is 4.88. The number of amides is 2. The van der Waals surface area contributed by atoms with Gasteiger partial charge in [0.15, 0.2) is 6.10 Å². The molecular weight excluding hydrogens is 371 g/mol. The van der Waals surface area contributed by atoms with Crippen molar-refractivity contribution in [2.24, 2.45) is 11.8 Å². The van der Waals surface area contributed by atoms with Crippen LogP contribution in [-0.4, -0.2) is 55.6 Å². The van der Waals surface area contributed by atoms with Crippen molar-refractivity contribution in [2.45, 2.75) is 38.3 Å². The Balaban J connectivity index is 0.000000562. The predicted octanol–water partition coefficient (Wildman–Crippen LogP) is -0.499. The summed E-state index contributed by atoms with van der Waals surface area (Å²) in [6, 6.07) is 0. The van der Waals surface area contributed by atoms with E-state index in [0.29, 0.717) is 0 Å². The van der Waals surface area contributed by atoms with E-state index < -0.39 is 54.0 Å². The standard InChI is InChI=1S/C11H13NO6.C2H3O.Y/c1-3(13)17-9-7-5-4(10(14)12-11(5)15)6(18-7)8(9)16-2;1-2-3;/h4-9H,1-2H3,(H,12,14,15);1H3;/q;-1;/p-1. The fourth-order valence-corrected chi connectivity index (χ4v) is 3.14. The molecule has 0 aromatic rings. The average Bonchev–Trinajstić information content (AvgIpc) is 3.01. The Hall–Kier alpha value is -0.696. The van der Waals surface area contributed by atoms with Gasteiger partial charge in [0.1, 0.15) is 12.2 Å². The van der Waals surface area contributed by atoms with Crippen LogP contribution in [0.15, 0.2) is 0 Å². The summed E-state index contributed by atoms with van der Waals surface area (Å²) in [5.74, 6) is -2.62. The van der Waals surface area contributed by atoms with Crippen LogP contribution in [0.4, 0.5) is 0 Å². The Labute approximate surface area is 152 Å². The molecule has 3 rings (SSSR count). The Morgan fingerprint density at radius 3 is 2.05 bits per heavy atom. The average molecular weight is 386 g/mol. The minimum absolute atomic E-state index is 0. The van der Waals surface area contributed by atoms with Crippen molar-refractivity contribution in [3.05, 3.63) is 5.32 Å². The molecule has 0 aromatic heterocycles. The van der Waals surface area contributed by atoms with Crippen LogP contribution in [0, 0.1) is 11.8 Å². The molecular formula is C13H15NO7Y-2. The molecule has 3 aliphatic heterocycles. The molecule has 0 aliphatic carbocycles. The minimum atomic E-state index is -0.649. The van der Waals surface area contributed by atoms with Crippen molar-refractivity contribution >= 4 is 24.1 Å². The van der Waals surface area contributed by atoms with Crippen molar-refractivity contribution in [3.8, 4) is 0 Å². The van der Waals surface area contributed by atoms with E-state index >= 15 is 0 Å². The number of imide groups is 1. The van der Waals surface area contributed by atoms with Gasteiger partial charge < -0.3 is 33.9 Å².